The highest BCUT2D eigenvalue weighted by Crippen LogP contribution is 2.51. The Morgan fingerprint density at radius 1 is 0.382 bits per heavy atom. The second-order valence-corrected chi connectivity index (χ2v) is 18.9. The first-order valence-electron chi connectivity index (χ1n) is 23.6. The summed E-state index contributed by atoms with van der Waals surface area (Å²) in [7, 11) is 0. The van der Waals surface area contributed by atoms with Crippen LogP contribution in [0, 0.1) is 0 Å². The van der Waals surface area contributed by atoms with E-state index in [0.29, 0.717) is 0 Å². The van der Waals surface area contributed by atoms with Gasteiger partial charge >= 0.3 is 0 Å². The van der Waals surface area contributed by atoms with Crippen molar-refractivity contribution in [2.24, 2.45) is 0 Å². The molecule has 3 nitrogen and oxygen atoms in total. The zero-order chi connectivity index (χ0) is 45.1. The van der Waals surface area contributed by atoms with Crippen LogP contribution in [0.4, 0.5) is 17.1 Å². The van der Waals surface area contributed by atoms with E-state index in [2.05, 4.69) is 254 Å². The molecule has 1 aliphatic carbocycles. The van der Waals surface area contributed by atoms with E-state index in [4.69, 9.17) is 4.42 Å². The van der Waals surface area contributed by atoms with Gasteiger partial charge < -0.3 is 13.9 Å². The number of aromatic nitrogens is 1. The van der Waals surface area contributed by atoms with E-state index in [0.717, 1.165) is 55.8 Å². The lowest BCUT2D eigenvalue weighted by Gasteiger charge is -2.28. The number of anilines is 3. The molecule has 0 saturated heterocycles. The zero-order valence-electron chi connectivity index (χ0n) is 37.7. The topological polar surface area (TPSA) is 21.3 Å². The van der Waals surface area contributed by atoms with Crippen molar-refractivity contribution in [1.82, 2.24) is 4.57 Å². The van der Waals surface area contributed by atoms with Crippen LogP contribution in [0.3, 0.4) is 0 Å². The molecule has 1 aliphatic rings. The van der Waals surface area contributed by atoms with Gasteiger partial charge in [0.05, 0.1) is 16.7 Å². The Hall–Kier alpha value is -8.66. The number of furan rings is 1. The van der Waals surface area contributed by atoms with Gasteiger partial charge in [-0.2, -0.15) is 0 Å². The maximum atomic E-state index is 6.84. The molecule has 11 aromatic carbocycles. The number of hydrogen-bond donors (Lipinski definition) is 0. The number of fused-ring (bicyclic) bond motifs is 12. The molecule has 0 saturated carbocycles. The first-order chi connectivity index (χ1) is 33.5. The number of hydrogen-bond acceptors (Lipinski definition) is 2. The fourth-order valence-corrected chi connectivity index (χ4v) is 11.5. The van der Waals surface area contributed by atoms with Crippen LogP contribution < -0.4 is 4.90 Å². The molecule has 13 aromatic rings. The number of para-hydroxylation sites is 3. The van der Waals surface area contributed by atoms with Crippen LogP contribution in [0.15, 0.2) is 235 Å². The summed E-state index contributed by atoms with van der Waals surface area (Å²) in [5, 5.41) is 9.51. The summed E-state index contributed by atoms with van der Waals surface area (Å²) in [4.78, 5) is 2.46. The predicted octanol–water partition coefficient (Wildman–Crippen LogP) is 18.1. The first-order valence-corrected chi connectivity index (χ1v) is 23.6. The van der Waals surface area contributed by atoms with Gasteiger partial charge in [-0.15, -0.1) is 0 Å². The smallest absolute Gasteiger partial charge is 0.143 e. The van der Waals surface area contributed by atoms with Crippen molar-refractivity contribution in [1.29, 1.82) is 0 Å². The minimum Gasteiger partial charge on any atom is -0.455 e. The maximum Gasteiger partial charge on any atom is 0.143 e. The molecule has 0 amide bonds. The molecule has 320 valence electrons. The third-order valence-electron chi connectivity index (χ3n) is 14.8. The summed E-state index contributed by atoms with van der Waals surface area (Å²) < 4.78 is 9.21. The van der Waals surface area contributed by atoms with Gasteiger partial charge in [0.1, 0.15) is 11.2 Å². The van der Waals surface area contributed by atoms with Crippen LogP contribution >= 0.6 is 0 Å². The molecule has 0 fully saturated rings. The SMILES string of the molecule is CC1(C)c2ccccc2-c2ccc(-c3ccc(N(c4cc(-c5ccc(-n6c7ccccc7c7ccccc76)cc5)c5oc6ccccc6c5c4)c4cc5ccccc5c5ccccc45)cc3)cc21. The van der Waals surface area contributed by atoms with Gasteiger partial charge in [-0.25, -0.2) is 0 Å². The van der Waals surface area contributed by atoms with Crippen molar-refractivity contribution < 1.29 is 4.42 Å². The van der Waals surface area contributed by atoms with E-state index >= 15 is 0 Å². The van der Waals surface area contributed by atoms with E-state index in [9.17, 15) is 0 Å². The Bertz CT molecular complexity index is 4120. The predicted molar refractivity (Wildman–Crippen MR) is 286 cm³/mol. The molecule has 68 heavy (non-hydrogen) atoms. The molecule has 3 heteroatoms. The van der Waals surface area contributed by atoms with Gasteiger partial charge in [0, 0.05) is 55.0 Å². The van der Waals surface area contributed by atoms with E-state index in [1.807, 2.05) is 0 Å². The summed E-state index contributed by atoms with van der Waals surface area (Å²) in [5.41, 5.74) is 18.4. The number of benzene rings is 11. The molecule has 0 unspecified atom stereocenters. The maximum absolute atomic E-state index is 6.84. The third kappa shape index (κ3) is 5.72. The average Bonchev–Trinajstić information content (AvgIpc) is 4.02. The van der Waals surface area contributed by atoms with Gasteiger partial charge in [0.2, 0.25) is 0 Å². The first kappa shape index (κ1) is 38.6. The van der Waals surface area contributed by atoms with Gasteiger partial charge in [-0.3, -0.25) is 0 Å². The molecule has 2 heterocycles. The Morgan fingerprint density at radius 2 is 0.971 bits per heavy atom. The van der Waals surface area contributed by atoms with Gasteiger partial charge in [-0.05, 0) is 122 Å². The third-order valence-corrected chi connectivity index (χ3v) is 14.8. The quantitative estimate of drug-likeness (QED) is 0.155. The average molecular weight is 869 g/mol. The highest BCUT2D eigenvalue weighted by molar-refractivity contribution is 6.16. The van der Waals surface area contributed by atoms with Crippen molar-refractivity contribution in [3.8, 4) is 39.1 Å². The molecular formula is C65H44N2O. The Kier molecular flexibility index (Phi) is 8.33. The highest BCUT2D eigenvalue weighted by Gasteiger charge is 2.35. The lowest BCUT2D eigenvalue weighted by atomic mass is 9.81. The fourth-order valence-electron chi connectivity index (χ4n) is 11.5. The van der Waals surface area contributed by atoms with Crippen molar-refractivity contribution in [3.63, 3.8) is 0 Å². The van der Waals surface area contributed by atoms with Gasteiger partial charge in [0.15, 0.2) is 0 Å². The van der Waals surface area contributed by atoms with Crippen LogP contribution in [0.25, 0.3) is 104 Å². The lowest BCUT2D eigenvalue weighted by molar-refractivity contribution is 0.660. The van der Waals surface area contributed by atoms with Crippen molar-refractivity contribution in [3.05, 3.63) is 242 Å². The molecule has 0 N–H and O–H groups in total. The summed E-state index contributed by atoms with van der Waals surface area (Å²) in [6.07, 6.45) is 0. The molecule has 0 spiro atoms. The van der Waals surface area contributed by atoms with E-state index in [1.54, 1.807) is 0 Å². The standard InChI is InChI=1S/C65H44N2O/c1-65(2)58-23-11-7-18-50(58)51-36-31-43(37-59(51)65)41-27-32-45(33-28-41)66(62-38-44-15-3-4-16-48(44)49-17-5-6-19-52(49)62)47-39-56(64-57(40-47)55-22-10-14-26-63(55)68-64)42-29-34-46(35-30-42)67-60-24-12-8-20-53(60)54-21-9-13-25-61(54)67/h3-40H,1-2H3. The summed E-state index contributed by atoms with van der Waals surface area (Å²) in [6.45, 7) is 4.70. The largest absolute Gasteiger partial charge is 0.455 e. The minimum atomic E-state index is -0.0746. The Morgan fingerprint density at radius 3 is 1.74 bits per heavy atom. The molecule has 0 aliphatic heterocycles. The van der Waals surface area contributed by atoms with Crippen molar-refractivity contribution in [2.45, 2.75) is 19.3 Å². The Labute approximate surface area is 394 Å². The van der Waals surface area contributed by atoms with Crippen molar-refractivity contribution >= 4 is 82.4 Å². The van der Waals surface area contributed by atoms with Crippen molar-refractivity contribution in [2.75, 3.05) is 4.90 Å². The van der Waals surface area contributed by atoms with Crippen LogP contribution in [0.2, 0.25) is 0 Å². The molecular weight excluding hydrogens is 825 g/mol. The fraction of sp³-hybridized carbons (Fsp3) is 0.0462. The molecule has 0 radical (unpaired) electrons. The number of rotatable bonds is 6. The summed E-state index contributed by atoms with van der Waals surface area (Å²) in [6, 6.07) is 84.5. The minimum absolute atomic E-state index is 0.0746. The monoisotopic (exact) mass is 868 g/mol. The molecule has 0 atom stereocenters. The van der Waals surface area contributed by atoms with Crippen LogP contribution in [-0.4, -0.2) is 4.57 Å². The van der Waals surface area contributed by atoms with Gasteiger partial charge in [0.25, 0.3) is 0 Å². The summed E-state index contributed by atoms with van der Waals surface area (Å²) in [5.74, 6) is 0. The van der Waals surface area contributed by atoms with E-state index in [-0.39, 0.29) is 5.41 Å². The van der Waals surface area contributed by atoms with Crippen LogP contribution in [0.5, 0.6) is 0 Å². The van der Waals surface area contributed by atoms with Gasteiger partial charge in [-0.1, -0.05) is 178 Å². The summed E-state index contributed by atoms with van der Waals surface area (Å²) >= 11 is 0. The van der Waals surface area contributed by atoms with E-state index in [1.165, 1.54) is 76.7 Å². The zero-order valence-corrected chi connectivity index (χ0v) is 37.7. The normalized spacial score (nSPS) is 13.0. The van der Waals surface area contributed by atoms with Crippen LogP contribution in [-0.2, 0) is 5.41 Å². The molecule has 2 aromatic heterocycles. The second-order valence-electron chi connectivity index (χ2n) is 18.9. The molecule has 0 bridgehead atoms. The van der Waals surface area contributed by atoms with E-state index < -0.39 is 0 Å². The highest BCUT2D eigenvalue weighted by atomic mass is 16.3. The van der Waals surface area contributed by atoms with Crippen LogP contribution in [0.1, 0.15) is 25.0 Å². The second kappa shape index (κ2) is 14.7. The molecule has 14 rings (SSSR count). The number of nitrogens with zero attached hydrogens (tertiary/aromatic N) is 2. The Balaban J connectivity index is 0.965. The lowest BCUT2D eigenvalue weighted by Crippen LogP contribution is -2.14.